The summed E-state index contributed by atoms with van der Waals surface area (Å²) >= 11 is 0. The molecule has 0 saturated carbocycles. The maximum Gasteiger partial charge on any atom is 0.277 e. The second-order valence-corrected chi connectivity index (χ2v) is 10.3. The zero-order chi connectivity index (χ0) is 24.6. The van der Waals surface area contributed by atoms with Gasteiger partial charge in [-0.2, -0.15) is 5.10 Å². The maximum absolute atomic E-state index is 12.1. The van der Waals surface area contributed by atoms with Gasteiger partial charge in [-0.25, -0.2) is 5.43 Å². The van der Waals surface area contributed by atoms with Crippen LogP contribution < -0.4 is 19.6 Å². The average Bonchev–Trinajstić information content (AvgIpc) is 2.71. The van der Waals surface area contributed by atoms with E-state index in [-0.39, 0.29) is 29.4 Å². The van der Waals surface area contributed by atoms with Gasteiger partial charge in [0.1, 0.15) is 5.75 Å². The molecule has 2 rings (SSSR count). The van der Waals surface area contributed by atoms with Crippen molar-refractivity contribution in [3.63, 3.8) is 0 Å². The summed E-state index contributed by atoms with van der Waals surface area (Å²) in [6, 6.07) is 13.4. The van der Waals surface area contributed by atoms with Crippen LogP contribution in [0.2, 0.25) is 0 Å². The number of amides is 1. The number of hydrogen-bond acceptors (Lipinski definition) is 5. The monoisotopic (exact) mass is 454 g/mol. The van der Waals surface area contributed by atoms with E-state index in [9.17, 15) is 4.79 Å². The summed E-state index contributed by atoms with van der Waals surface area (Å²) in [4.78, 5) is 12.1. The van der Waals surface area contributed by atoms with Gasteiger partial charge in [-0.15, -0.1) is 0 Å². The molecule has 33 heavy (non-hydrogen) atoms. The first-order valence-electron chi connectivity index (χ1n) is 11.3. The van der Waals surface area contributed by atoms with Crippen LogP contribution in [0.3, 0.4) is 0 Å². The van der Waals surface area contributed by atoms with Crippen LogP contribution in [-0.2, 0) is 10.2 Å². The normalized spacial score (nSPS) is 12.2. The molecular weight excluding hydrogens is 416 g/mol. The SMILES string of the molecule is COc1cc(/C=N/NC(=O)COc2ccc(C(C)(C)CC(C)(C)C)cc2)ccc1OC(C)C. The van der Waals surface area contributed by atoms with Crippen LogP contribution in [0.25, 0.3) is 0 Å². The number of ether oxygens (including phenoxy) is 3. The van der Waals surface area contributed by atoms with Crippen molar-refractivity contribution >= 4 is 12.1 Å². The third kappa shape index (κ3) is 8.79. The number of methoxy groups -OCH3 is 1. The Bertz CT molecular complexity index is 942. The van der Waals surface area contributed by atoms with Crippen LogP contribution in [0.4, 0.5) is 0 Å². The minimum atomic E-state index is -0.338. The molecule has 0 unspecified atom stereocenters. The summed E-state index contributed by atoms with van der Waals surface area (Å²) in [5, 5.41) is 4.00. The molecule has 0 atom stereocenters. The summed E-state index contributed by atoms with van der Waals surface area (Å²) in [6.45, 7) is 15.0. The number of hydrazone groups is 1. The van der Waals surface area contributed by atoms with Gasteiger partial charge < -0.3 is 14.2 Å². The molecule has 0 saturated heterocycles. The van der Waals surface area contributed by atoms with E-state index in [1.54, 1.807) is 19.4 Å². The Morgan fingerprint density at radius 1 is 1.03 bits per heavy atom. The van der Waals surface area contributed by atoms with Crippen LogP contribution in [0.15, 0.2) is 47.6 Å². The van der Waals surface area contributed by atoms with Gasteiger partial charge in [-0.3, -0.25) is 4.79 Å². The third-order valence-electron chi connectivity index (χ3n) is 4.93. The van der Waals surface area contributed by atoms with Crippen LogP contribution in [0.5, 0.6) is 17.2 Å². The lowest BCUT2D eigenvalue weighted by molar-refractivity contribution is -0.123. The van der Waals surface area contributed by atoms with E-state index in [1.807, 2.05) is 38.1 Å². The molecule has 2 aromatic rings. The minimum Gasteiger partial charge on any atom is -0.493 e. The van der Waals surface area contributed by atoms with Gasteiger partial charge >= 0.3 is 0 Å². The Labute approximate surface area is 198 Å². The fraction of sp³-hybridized carbons (Fsp3) is 0.481. The smallest absolute Gasteiger partial charge is 0.277 e. The summed E-state index contributed by atoms with van der Waals surface area (Å²) in [5.74, 6) is 1.58. The van der Waals surface area contributed by atoms with Gasteiger partial charge in [-0.1, -0.05) is 46.8 Å². The lowest BCUT2D eigenvalue weighted by Gasteiger charge is -2.33. The zero-order valence-electron chi connectivity index (χ0n) is 21.2. The largest absolute Gasteiger partial charge is 0.493 e. The fourth-order valence-electron chi connectivity index (χ4n) is 3.91. The highest BCUT2D eigenvalue weighted by atomic mass is 16.5. The quantitative estimate of drug-likeness (QED) is 0.368. The highest BCUT2D eigenvalue weighted by molar-refractivity contribution is 5.83. The molecule has 0 aliphatic heterocycles. The van der Waals surface area contributed by atoms with Crippen LogP contribution >= 0.6 is 0 Å². The zero-order valence-corrected chi connectivity index (χ0v) is 21.2. The molecule has 1 N–H and O–H groups in total. The average molecular weight is 455 g/mol. The van der Waals surface area contributed by atoms with E-state index >= 15 is 0 Å². The number of nitrogens with one attached hydrogen (secondary N) is 1. The van der Waals surface area contributed by atoms with Crippen molar-refractivity contribution in [2.24, 2.45) is 10.5 Å². The molecule has 180 valence electrons. The third-order valence-corrected chi connectivity index (χ3v) is 4.93. The Morgan fingerprint density at radius 2 is 1.70 bits per heavy atom. The first-order chi connectivity index (χ1) is 15.4. The van der Waals surface area contributed by atoms with E-state index in [4.69, 9.17) is 14.2 Å². The topological polar surface area (TPSA) is 69.2 Å². The molecule has 0 radical (unpaired) electrons. The molecule has 0 aliphatic carbocycles. The van der Waals surface area contributed by atoms with Crippen molar-refractivity contribution in [2.75, 3.05) is 13.7 Å². The Balaban J connectivity index is 1.87. The lowest BCUT2D eigenvalue weighted by atomic mass is 9.72. The first-order valence-corrected chi connectivity index (χ1v) is 11.3. The van der Waals surface area contributed by atoms with Crippen molar-refractivity contribution in [3.8, 4) is 17.2 Å². The summed E-state index contributed by atoms with van der Waals surface area (Å²) in [7, 11) is 1.58. The van der Waals surface area contributed by atoms with Gasteiger partial charge in [0.05, 0.1) is 19.4 Å². The van der Waals surface area contributed by atoms with E-state index in [2.05, 4.69) is 57.3 Å². The number of nitrogens with zero attached hydrogens (tertiary/aromatic N) is 1. The molecule has 6 heteroatoms. The van der Waals surface area contributed by atoms with Crippen molar-refractivity contribution in [2.45, 2.75) is 66.4 Å². The summed E-state index contributed by atoms with van der Waals surface area (Å²) < 4.78 is 16.7. The Kier molecular flexibility index (Phi) is 8.91. The first kappa shape index (κ1) is 26.2. The van der Waals surface area contributed by atoms with Crippen molar-refractivity contribution in [1.82, 2.24) is 5.43 Å². The number of hydrogen-bond donors (Lipinski definition) is 1. The van der Waals surface area contributed by atoms with Gasteiger partial charge in [-0.05, 0) is 72.6 Å². The van der Waals surface area contributed by atoms with E-state index in [0.29, 0.717) is 17.2 Å². The van der Waals surface area contributed by atoms with Gasteiger partial charge in [0, 0.05) is 0 Å². The molecule has 0 bridgehead atoms. The molecule has 0 aromatic heterocycles. The molecule has 0 fully saturated rings. The van der Waals surface area contributed by atoms with Gasteiger partial charge in [0.2, 0.25) is 0 Å². The molecular formula is C27H38N2O4. The molecule has 1 amide bonds. The minimum absolute atomic E-state index is 0.0453. The predicted octanol–water partition coefficient (Wildman–Crippen LogP) is 5.73. The number of benzene rings is 2. The predicted molar refractivity (Wildman–Crippen MR) is 134 cm³/mol. The van der Waals surface area contributed by atoms with E-state index in [0.717, 1.165) is 12.0 Å². The summed E-state index contributed by atoms with van der Waals surface area (Å²) in [6.07, 6.45) is 2.66. The van der Waals surface area contributed by atoms with Gasteiger partial charge in [0.15, 0.2) is 18.1 Å². The molecule has 6 nitrogen and oxygen atoms in total. The van der Waals surface area contributed by atoms with Crippen LogP contribution in [0, 0.1) is 5.41 Å². The molecule has 0 spiro atoms. The van der Waals surface area contributed by atoms with E-state index in [1.165, 1.54) is 5.56 Å². The van der Waals surface area contributed by atoms with E-state index < -0.39 is 0 Å². The van der Waals surface area contributed by atoms with Crippen LogP contribution in [0.1, 0.15) is 66.0 Å². The number of carbonyl (C=O) groups is 1. The second kappa shape index (κ2) is 11.2. The molecule has 2 aromatic carbocycles. The highest BCUT2D eigenvalue weighted by Crippen LogP contribution is 2.36. The Hall–Kier alpha value is -3.02. The lowest BCUT2D eigenvalue weighted by Crippen LogP contribution is -2.25. The van der Waals surface area contributed by atoms with Crippen LogP contribution in [-0.4, -0.2) is 31.9 Å². The highest BCUT2D eigenvalue weighted by Gasteiger charge is 2.27. The van der Waals surface area contributed by atoms with Crippen molar-refractivity contribution < 1.29 is 19.0 Å². The standard InChI is InChI=1S/C27H38N2O4/c1-19(2)33-23-14-9-20(15-24(23)31-8)16-28-29-25(30)17-32-22-12-10-21(11-13-22)27(6,7)18-26(3,4)5/h9-16,19H,17-18H2,1-8H3,(H,29,30)/b28-16+. The van der Waals surface area contributed by atoms with Crippen molar-refractivity contribution in [1.29, 1.82) is 0 Å². The summed E-state index contributed by atoms with van der Waals surface area (Å²) in [5.41, 5.74) is 4.81. The molecule has 0 aliphatic rings. The maximum atomic E-state index is 12.1. The fourth-order valence-corrected chi connectivity index (χ4v) is 3.91. The molecule has 0 heterocycles. The second-order valence-electron chi connectivity index (χ2n) is 10.3. The number of carbonyl (C=O) groups excluding carboxylic acids is 1. The van der Waals surface area contributed by atoms with Crippen molar-refractivity contribution in [3.05, 3.63) is 53.6 Å². The Morgan fingerprint density at radius 3 is 2.27 bits per heavy atom. The number of rotatable bonds is 10. The van der Waals surface area contributed by atoms with Gasteiger partial charge in [0.25, 0.3) is 5.91 Å².